The van der Waals surface area contributed by atoms with E-state index >= 15 is 0 Å². The van der Waals surface area contributed by atoms with E-state index < -0.39 is 62.0 Å². The number of azide groups is 1. The van der Waals surface area contributed by atoms with Gasteiger partial charge < -0.3 is 18.7 Å². The Labute approximate surface area is 227 Å². The number of nitrogens with one attached hydrogen (secondary N) is 2. The van der Waals surface area contributed by atoms with Crippen molar-refractivity contribution in [3.05, 3.63) is 73.4 Å². The molecule has 216 valence electrons. The van der Waals surface area contributed by atoms with Gasteiger partial charge in [-0.2, -0.15) is 5.09 Å². The molecule has 1 aromatic carbocycles. The average Bonchev–Trinajstić information content (AvgIpc) is 3.34. The van der Waals surface area contributed by atoms with E-state index in [1.807, 2.05) is 0 Å². The van der Waals surface area contributed by atoms with Gasteiger partial charge in [0.05, 0.1) is 33.0 Å². The van der Waals surface area contributed by atoms with Crippen molar-refractivity contribution in [2.45, 2.75) is 50.6 Å². The highest BCUT2D eigenvalue weighted by molar-refractivity contribution is 7.52. The number of aryl methyl sites for hydroxylation is 1. The third-order valence-corrected chi connectivity index (χ3v) is 7.47. The number of hydrogen-bond donors (Lipinski definition) is 2. The molecule has 0 bridgehead atoms. The van der Waals surface area contributed by atoms with Gasteiger partial charge in [0.25, 0.3) is 5.56 Å². The third kappa shape index (κ3) is 8.04. The summed E-state index contributed by atoms with van der Waals surface area (Å²) in [6.45, 7) is 1.05. The molecule has 0 aliphatic carbocycles. The van der Waals surface area contributed by atoms with Crippen LogP contribution in [0.15, 0.2) is 51.2 Å². The van der Waals surface area contributed by atoms with E-state index in [9.17, 15) is 23.7 Å². The van der Waals surface area contributed by atoms with Crippen molar-refractivity contribution in [2.24, 2.45) is 5.11 Å². The molecule has 1 fully saturated rings. The summed E-state index contributed by atoms with van der Waals surface area (Å²) in [5, 5.41) is 6.23. The molecule has 2 heterocycles. The smallest absolute Gasteiger partial charge is 0.459 e. The Balaban J connectivity index is 1.85. The Kier molecular flexibility index (Phi) is 10.6. The lowest BCUT2D eigenvalue weighted by molar-refractivity contribution is -0.144. The molecular weight excluding hydrogens is 551 g/mol. The summed E-state index contributed by atoms with van der Waals surface area (Å²) in [4.78, 5) is 53.2. The van der Waals surface area contributed by atoms with Gasteiger partial charge in [0.2, 0.25) is 0 Å². The van der Waals surface area contributed by atoms with Crippen LogP contribution in [0.4, 0.5) is 0 Å². The number of aromatic nitrogens is 2. The minimum Gasteiger partial charge on any atom is -0.469 e. The van der Waals surface area contributed by atoms with E-state index in [-0.39, 0.29) is 30.6 Å². The van der Waals surface area contributed by atoms with Gasteiger partial charge >= 0.3 is 25.4 Å². The normalized spacial score (nSPS) is 20.5. The summed E-state index contributed by atoms with van der Waals surface area (Å²) in [7, 11) is -2.07. The third-order valence-electron chi connectivity index (χ3n) is 5.90. The fourth-order valence-corrected chi connectivity index (χ4v) is 5.38. The monoisotopic (exact) mass is 580 g/mol. The van der Waals surface area contributed by atoms with Crippen LogP contribution in [0.5, 0.6) is 5.75 Å². The summed E-state index contributed by atoms with van der Waals surface area (Å²) in [5.41, 5.74) is 8.03. The number of carbonyl (C=O) groups excluding carboxylic acids is 2. The second kappa shape index (κ2) is 13.9. The standard InChI is InChI=1S/C23H29N6O10P/c1-14-12-29(23(33)25-21(14)31)19-11-17(26-28-24)18(38-19)13-37-40(34,39-15-7-5-4-6-8-15)27-16(22(32)36-3)9-10-20(30)35-2/h4-8,12,16-19H,9-11,13H2,1-3H3,(H,27,34)(H,25,31,33)/t16-,17-,18+,19+,40?/m0/s1. The molecule has 40 heavy (non-hydrogen) atoms. The minimum absolute atomic E-state index is 0.0463. The first kappa shape index (κ1) is 30.6. The lowest BCUT2D eigenvalue weighted by Gasteiger charge is -2.25. The molecule has 1 unspecified atom stereocenters. The second-order valence-electron chi connectivity index (χ2n) is 8.63. The van der Waals surface area contributed by atoms with Crippen LogP contribution >= 0.6 is 7.75 Å². The largest absolute Gasteiger partial charge is 0.469 e. The minimum atomic E-state index is -4.38. The van der Waals surface area contributed by atoms with Crippen LogP contribution < -0.4 is 20.9 Å². The molecule has 2 N–H and O–H groups in total. The maximum atomic E-state index is 13.9. The highest BCUT2D eigenvalue weighted by Gasteiger charge is 2.40. The number of benzene rings is 1. The van der Waals surface area contributed by atoms with Crippen LogP contribution in [0.3, 0.4) is 0 Å². The number of hydrogen-bond acceptors (Lipinski definition) is 11. The molecule has 1 aromatic heterocycles. The van der Waals surface area contributed by atoms with Crippen molar-refractivity contribution >= 4 is 19.7 Å². The van der Waals surface area contributed by atoms with Crippen molar-refractivity contribution in [2.75, 3.05) is 20.8 Å². The molecule has 1 aliphatic rings. The number of rotatable bonds is 13. The summed E-state index contributed by atoms with van der Waals surface area (Å²) in [6.07, 6.45) is -0.921. The Morgan fingerprint density at radius 1 is 1.27 bits per heavy atom. The van der Waals surface area contributed by atoms with Crippen LogP contribution in [0, 0.1) is 6.92 Å². The zero-order valence-corrected chi connectivity index (χ0v) is 22.8. The Morgan fingerprint density at radius 2 is 2.00 bits per heavy atom. The Hall–Kier alpha value is -3.94. The topological polar surface area (TPSA) is 213 Å². The molecule has 2 aromatic rings. The number of nitrogens with zero attached hydrogens (tertiary/aromatic N) is 4. The quantitative estimate of drug-likeness (QED) is 0.115. The van der Waals surface area contributed by atoms with Gasteiger partial charge in [0.1, 0.15) is 18.0 Å². The van der Waals surface area contributed by atoms with Gasteiger partial charge in [-0.3, -0.25) is 28.5 Å². The van der Waals surface area contributed by atoms with Gasteiger partial charge in [0.15, 0.2) is 0 Å². The predicted octanol–water partition coefficient (Wildman–Crippen LogP) is 2.10. The SMILES string of the molecule is COC(=O)CC[C@H](NP(=O)(OC[C@H]1O[C@@H](n2cc(C)c(=O)[nH]c2=O)C[C@@H]1N=[N+]=[N-])Oc1ccccc1)C(=O)OC. The first-order valence-electron chi connectivity index (χ1n) is 12.0. The van der Waals surface area contributed by atoms with Crippen molar-refractivity contribution in [3.63, 3.8) is 0 Å². The molecule has 3 rings (SSSR count). The summed E-state index contributed by atoms with van der Waals surface area (Å²) in [5.74, 6) is -1.30. The van der Waals surface area contributed by atoms with Crippen LogP contribution in [0.1, 0.15) is 31.1 Å². The summed E-state index contributed by atoms with van der Waals surface area (Å²) < 4.78 is 41.6. The molecule has 1 aliphatic heterocycles. The number of methoxy groups -OCH3 is 2. The first-order valence-corrected chi connectivity index (χ1v) is 13.6. The molecule has 0 amide bonds. The zero-order valence-electron chi connectivity index (χ0n) is 21.9. The Bertz CT molecular complexity index is 1410. The van der Waals surface area contributed by atoms with E-state index in [0.29, 0.717) is 0 Å². The zero-order chi connectivity index (χ0) is 29.3. The maximum Gasteiger partial charge on any atom is 0.459 e. The molecule has 1 saturated heterocycles. The number of ether oxygens (including phenoxy) is 3. The number of aromatic amines is 1. The van der Waals surface area contributed by atoms with Gasteiger partial charge in [-0.05, 0) is 31.0 Å². The average molecular weight is 580 g/mol. The molecule has 0 spiro atoms. The van der Waals surface area contributed by atoms with Crippen LogP contribution in [0.2, 0.25) is 0 Å². The molecule has 0 radical (unpaired) electrons. The number of carbonyl (C=O) groups is 2. The maximum absolute atomic E-state index is 13.9. The van der Waals surface area contributed by atoms with E-state index in [4.69, 9.17) is 24.1 Å². The van der Waals surface area contributed by atoms with E-state index in [2.05, 4.69) is 24.8 Å². The molecular formula is C23H29N6O10P. The summed E-state index contributed by atoms with van der Waals surface area (Å²) >= 11 is 0. The van der Waals surface area contributed by atoms with E-state index in [1.165, 1.54) is 32.4 Å². The van der Waals surface area contributed by atoms with Crippen LogP contribution in [0.25, 0.3) is 10.4 Å². The predicted molar refractivity (Wildman–Crippen MR) is 138 cm³/mol. The number of H-pyrrole nitrogens is 1. The molecule has 17 heteroatoms. The van der Waals surface area contributed by atoms with E-state index in [0.717, 1.165) is 11.7 Å². The molecule has 5 atom stereocenters. The summed E-state index contributed by atoms with van der Waals surface area (Å²) in [6, 6.07) is 5.84. The molecule has 0 saturated carbocycles. The van der Waals surface area contributed by atoms with Gasteiger partial charge in [-0.25, -0.2) is 9.36 Å². The van der Waals surface area contributed by atoms with Gasteiger partial charge in [-0.1, -0.05) is 23.3 Å². The molecule has 16 nitrogen and oxygen atoms in total. The van der Waals surface area contributed by atoms with Crippen LogP contribution in [-0.2, 0) is 32.9 Å². The second-order valence-corrected chi connectivity index (χ2v) is 10.3. The van der Waals surface area contributed by atoms with Crippen LogP contribution in [-0.4, -0.2) is 60.5 Å². The highest BCUT2D eigenvalue weighted by Crippen LogP contribution is 2.46. The number of esters is 2. The first-order chi connectivity index (χ1) is 19.1. The fraction of sp³-hybridized carbons (Fsp3) is 0.478. The van der Waals surface area contributed by atoms with Gasteiger partial charge in [-0.15, -0.1) is 0 Å². The van der Waals surface area contributed by atoms with Crippen molar-refractivity contribution in [3.8, 4) is 5.75 Å². The van der Waals surface area contributed by atoms with Crippen molar-refractivity contribution < 1.29 is 37.4 Å². The Morgan fingerprint density at radius 3 is 2.65 bits per heavy atom. The lowest BCUT2D eigenvalue weighted by atomic mass is 10.1. The lowest BCUT2D eigenvalue weighted by Crippen LogP contribution is -2.38. The van der Waals surface area contributed by atoms with Crippen molar-refractivity contribution in [1.29, 1.82) is 0 Å². The number of para-hydroxylation sites is 1. The van der Waals surface area contributed by atoms with Gasteiger partial charge in [0, 0.05) is 29.5 Å². The van der Waals surface area contributed by atoms with E-state index in [1.54, 1.807) is 18.2 Å². The fourth-order valence-electron chi connectivity index (χ4n) is 3.84. The van der Waals surface area contributed by atoms with Crippen molar-refractivity contribution in [1.82, 2.24) is 14.6 Å². The highest BCUT2D eigenvalue weighted by atomic mass is 31.2.